The average Bonchev–Trinajstić information content (AvgIpc) is 3.21. The molecule has 176 valence electrons. The molecule has 5 nitrogen and oxygen atoms in total. The normalized spacial score (nSPS) is 15.6. The molecule has 0 amide bonds. The van der Waals surface area contributed by atoms with Crippen LogP contribution in [0.25, 0.3) is 10.2 Å². The van der Waals surface area contributed by atoms with E-state index in [0.29, 0.717) is 23.9 Å². The standard InChI is InChI=1S/C25H23F3N4OS/c26-19-10-16(11-20(27)23(19)28)13-30-17-3-4-18-21(12-17)34-24-22(18)25(33)32(14-31-24)9-1-2-15-5-7-29-8-6-15/h5-8,10-11,14,17,30H,1-4,9,12-13H2. The second-order valence-corrected chi connectivity index (χ2v) is 9.66. The number of nitrogens with zero attached hydrogens (tertiary/aromatic N) is 3. The lowest BCUT2D eigenvalue weighted by molar-refractivity contribution is 0.437. The summed E-state index contributed by atoms with van der Waals surface area (Å²) in [5.74, 6) is -3.82. The fraction of sp³-hybridized carbons (Fsp3) is 0.320. The Bertz CT molecular complexity index is 1360. The zero-order valence-corrected chi connectivity index (χ0v) is 19.2. The molecule has 1 aliphatic rings. The van der Waals surface area contributed by atoms with Crippen molar-refractivity contribution in [2.75, 3.05) is 0 Å². The fourth-order valence-electron chi connectivity index (χ4n) is 4.51. The molecule has 1 atom stereocenters. The minimum Gasteiger partial charge on any atom is -0.310 e. The van der Waals surface area contributed by atoms with Crippen LogP contribution >= 0.6 is 11.3 Å². The molecule has 0 spiro atoms. The lowest BCUT2D eigenvalue weighted by Crippen LogP contribution is -2.34. The van der Waals surface area contributed by atoms with E-state index >= 15 is 0 Å². The van der Waals surface area contributed by atoms with Gasteiger partial charge in [-0.3, -0.25) is 14.3 Å². The minimum atomic E-state index is -1.45. The van der Waals surface area contributed by atoms with Crippen molar-refractivity contribution in [2.45, 2.75) is 51.2 Å². The maximum atomic E-state index is 13.5. The Morgan fingerprint density at radius 3 is 2.65 bits per heavy atom. The van der Waals surface area contributed by atoms with Crippen LogP contribution in [0, 0.1) is 17.5 Å². The highest BCUT2D eigenvalue weighted by Crippen LogP contribution is 2.33. The Balaban J connectivity index is 1.27. The first-order chi connectivity index (χ1) is 16.5. The van der Waals surface area contributed by atoms with Crippen molar-refractivity contribution in [3.05, 3.63) is 92.4 Å². The van der Waals surface area contributed by atoms with Gasteiger partial charge in [-0.2, -0.15) is 0 Å². The summed E-state index contributed by atoms with van der Waals surface area (Å²) in [6, 6.07) is 6.08. The van der Waals surface area contributed by atoms with E-state index < -0.39 is 17.5 Å². The first-order valence-corrected chi connectivity index (χ1v) is 12.1. The molecule has 0 fully saturated rings. The number of hydrogen-bond donors (Lipinski definition) is 1. The summed E-state index contributed by atoms with van der Waals surface area (Å²) < 4.78 is 41.8. The van der Waals surface area contributed by atoms with Gasteiger partial charge in [0, 0.05) is 36.4 Å². The molecule has 9 heteroatoms. The summed E-state index contributed by atoms with van der Waals surface area (Å²) in [5, 5.41) is 4.02. The lowest BCUT2D eigenvalue weighted by atomic mass is 9.93. The third-order valence-corrected chi connectivity index (χ3v) is 7.45. The quantitative estimate of drug-likeness (QED) is 0.391. The Morgan fingerprint density at radius 2 is 1.88 bits per heavy atom. The van der Waals surface area contributed by atoms with Gasteiger partial charge in [0.2, 0.25) is 0 Å². The van der Waals surface area contributed by atoms with Gasteiger partial charge in [0.15, 0.2) is 17.5 Å². The zero-order valence-electron chi connectivity index (χ0n) is 18.4. The van der Waals surface area contributed by atoms with Crippen LogP contribution in [0.4, 0.5) is 13.2 Å². The van der Waals surface area contributed by atoms with Crippen LogP contribution in [0.3, 0.4) is 0 Å². The number of thiophene rings is 1. The molecule has 0 saturated heterocycles. The largest absolute Gasteiger partial charge is 0.310 e. The smallest absolute Gasteiger partial charge is 0.262 e. The van der Waals surface area contributed by atoms with Crippen molar-refractivity contribution < 1.29 is 13.2 Å². The molecule has 0 radical (unpaired) electrons. The molecule has 0 aliphatic heterocycles. The van der Waals surface area contributed by atoms with Gasteiger partial charge in [-0.1, -0.05) is 0 Å². The maximum Gasteiger partial charge on any atom is 0.262 e. The van der Waals surface area contributed by atoms with Crippen LogP contribution < -0.4 is 10.9 Å². The van der Waals surface area contributed by atoms with E-state index in [9.17, 15) is 18.0 Å². The monoisotopic (exact) mass is 484 g/mol. The topological polar surface area (TPSA) is 59.8 Å². The van der Waals surface area contributed by atoms with Crippen LogP contribution in [0.15, 0.2) is 47.8 Å². The highest BCUT2D eigenvalue weighted by Gasteiger charge is 2.25. The molecule has 0 bridgehead atoms. The second kappa shape index (κ2) is 9.68. The number of fused-ring (bicyclic) bond motifs is 3. The molecule has 1 N–H and O–H groups in total. The van der Waals surface area contributed by atoms with Crippen LogP contribution in [0.5, 0.6) is 0 Å². The van der Waals surface area contributed by atoms with Crippen LogP contribution in [-0.4, -0.2) is 20.6 Å². The second-order valence-electron chi connectivity index (χ2n) is 8.58. The van der Waals surface area contributed by atoms with E-state index in [0.717, 1.165) is 53.1 Å². The first-order valence-electron chi connectivity index (χ1n) is 11.2. The van der Waals surface area contributed by atoms with Gasteiger partial charge in [-0.15, -0.1) is 11.3 Å². The zero-order chi connectivity index (χ0) is 23.7. The molecule has 34 heavy (non-hydrogen) atoms. The number of rotatable bonds is 7. The Labute approximate surface area is 198 Å². The summed E-state index contributed by atoms with van der Waals surface area (Å²) >= 11 is 1.53. The van der Waals surface area contributed by atoms with E-state index in [2.05, 4.69) is 15.3 Å². The predicted octanol–water partition coefficient (Wildman–Crippen LogP) is 4.55. The number of hydrogen-bond acceptors (Lipinski definition) is 5. The third-order valence-electron chi connectivity index (χ3n) is 6.29. The van der Waals surface area contributed by atoms with Gasteiger partial charge in [0.05, 0.1) is 11.7 Å². The molecule has 3 heterocycles. The SMILES string of the molecule is O=c1c2c3c(sc2ncn1CCCc1ccncc1)CC(NCc1cc(F)c(F)c(F)c1)CC3. The van der Waals surface area contributed by atoms with Gasteiger partial charge in [0.25, 0.3) is 5.56 Å². The summed E-state index contributed by atoms with van der Waals surface area (Å²) in [7, 11) is 0. The summed E-state index contributed by atoms with van der Waals surface area (Å²) in [4.78, 5) is 23.6. The Kier molecular flexibility index (Phi) is 6.47. The fourth-order valence-corrected chi connectivity index (χ4v) is 5.77. The maximum absolute atomic E-state index is 13.5. The lowest BCUT2D eigenvalue weighted by Gasteiger charge is -2.23. The highest BCUT2D eigenvalue weighted by molar-refractivity contribution is 7.18. The molecular weight excluding hydrogens is 461 g/mol. The van der Waals surface area contributed by atoms with E-state index in [1.165, 1.54) is 16.9 Å². The molecular formula is C25H23F3N4OS. The summed E-state index contributed by atoms with van der Waals surface area (Å²) in [6.07, 6.45) is 9.11. The van der Waals surface area contributed by atoms with Crippen molar-refractivity contribution in [1.29, 1.82) is 0 Å². The van der Waals surface area contributed by atoms with E-state index in [4.69, 9.17) is 0 Å². The van der Waals surface area contributed by atoms with Gasteiger partial charge in [-0.05, 0) is 73.1 Å². The van der Waals surface area contributed by atoms with Crippen molar-refractivity contribution in [3.8, 4) is 0 Å². The van der Waals surface area contributed by atoms with Gasteiger partial charge >= 0.3 is 0 Å². The highest BCUT2D eigenvalue weighted by atomic mass is 32.1. The van der Waals surface area contributed by atoms with Crippen molar-refractivity contribution in [2.24, 2.45) is 0 Å². The first kappa shape index (κ1) is 22.7. The molecule has 1 aliphatic carbocycles. The van der Waals surface area contributed by atoms with Gasteiger partial charge in [-0.25, -0.2) is 18.2 Å². The predicted molar refractivity (Wildman–Crippen MR) is 125 cm³/mol. The number of halogens is 3. The van der Waals surface area contributed by atoms with Crippen LogP contribution in [-0.2, 0) is 32.4 Å². The van der Waals surface area contributed by atoms with E-state index in [1.54, 1.807) is 23.3 Å². The van der Waals surface area contributed by atoms with Crippen LogP contribution in [0.1, 0.15) is 34.4 Å². The molecule has 4 aromatic rings. The van der Waals surface area contributed by atoms with Gasteiger partial charge < -0.3 is 5.32 Å². The summed E-state index contributed by atoms with van der Waals surface area (Å²) in [6.45, 7) is 0.839. The van der Waals surface area contributed by atoms with E-state index in [1.807, 2.05) is 12.1 Å². The number of pyridine rings is 1. The number of aryl methyl sites for hydroxylation is 3. The molecule has 1 aromatic carbocycles. The molecule has 3 aromatic heterocycles. The van der Waals surface area contributed by atoms with Gasteiger partial charge in [0.1, 0.15) is 4.83 Å². The van der Waals surface area contributed by atoms with Crippen LogP contribution in [0.2, 0.25) is 0 Å². The molecule has 0 saturated carbocycles. The third kappa shape index (κ3) is 4.63. The van der Waals surface area contributed by atoms with Crippen molar-refractivity contribution in [3.63, 3.8) is 0 Å². The molecule has 5 rings (SSSR count). The summed E-state index contributed by atoms with van der Waals surface area (Å²) in [5.41, 5.74) is 2.61. The number of benzene rings is 1. The minimum absolute atomic E-state index is 0.000833. The van der Waals surface area contributed by atoms with E-state index in [-0.39, 0.29) is 18.1 Å². The van der Waals surface area contributed by atoms with Crippen molar-refractivity contribution >= 4 is 21.6 Å². The van der Waals surface area contributed by atoms with Crippen molar-refractivity contribution in [1.82, 2.24) is 19.9 Å². The Hall–Kier alpha value is -3.04. The number of nitrogens with one attached hydrogen (secondary N) is 1. The number of aromatic nitrogens is 3. The molecule has 1 unspecified atom stereocenters. The Morgan fingerprint density at radius 1 is 1.12 bits per heavy atom. The average molecular weight is 485 g/mol.